The number of rotatable bonds is 1. The second-order valence-corrected chi connectivity index (χ2v) is 6.52. The Bertz CT molecular complexity index is 464. The van der Waals surface area contributed by atoms with Crippen LogP contribution in [0.3, 0.4) is 0 Å². The molecule has 1 aliphatic carbocycles. The Morgan fingerprint density at radius 2 is 2.26 bits per heavy atom. The van der Waals surface area contributed by atoms with Crippen LogP contribution in [0, 0.1) is 5.92 Å². The van der Waals surface area contributed by atoms with Crippen LogP contribution in [-0.4, -0.2) is 32.6 Å². The third-order valence-corrected chi connectivity index (χ3v) is 4.04. The van der Waals surface area contributed by atoms with Crippen molar-refractivity contribution < 1.29 is 9.53 Å². The molecule has 2 fully saturated rings. The van der Waals surface area contributed by atoms with Crippen LogP contribution in [0.15, 0.2) is 12.4 Å². The number of carbonyl (C=O) groups is 1. The Kier molecular flexibility index (Phi) is 2.80. The highest BCUT2D eigenvalue weighted by molar-refractivity contribution is 5.70. The molecule has 0 radical (unpaired) electrons. The van der Waals surface area contributed by atoms with Crippen molar-refractivity contribution in [2.75, 3.05) is 0 Å². The molecule has 5 heteroatoms. The average molecular weight is 263 g/mol. The van der Waals surface area contributed by atoms with E-state index in [9.17, 15) is 4.79 Å². The van der Waals surface area contributed by atoms with Crippen LogP contribution in [-0.2, 0) is 4.74 Å². The van der Waals surface area contributed by atoms with Crippen LogP contribution >= 0.6 is 0 Å². The van der Waals surface area contributed by atoms with Crippen LogP contribution in [0.1, 0.15) is 51.9 Å². The molecule has 3 rings (SSSR count). The summed E-state index contributed by atoms with van der Waals surface area (Å²) in [5.74, 6) is 1.49. The monoisotopic (exact) mass is 263 g/mol. The van der Waals surface area contributed by atoms with Gasteiger partial charge in [0.2, 0.25) is 0 Å². The lowest BCUT2D eigenvalue weighted by atomic mass is 9.80. The molecular formula is C14H21N3O2. The van der Waals surface area contributed by atoms with Crippen molar-refractivity contribution in [2.45, 2.75) is 57.7 Å². The minimum atomic E-state index is -0.452. The van der Waals surface area contributed by atoms with Gasteiger partial charge in [-0.25, -0.2) is 9.78 Å². The smallest absolute Gasteiger partial charge is 0.411 e. The third kappa shape index (κ3) is 2.22. The highest BCUT2D eigenvalue weighted by atomic mass is 16.6. The van der Waals surface area contributed by atoms with Gasteiger partial charge >= 0.3 is 6.09 Å². The highest BCUT2D eigenvalue weighted by Gasteiger charge is 2.51. The summed E-state index contributed by atoms with van der Waals surface area (Å²) in [5.41, 5.74) is -0.452. The molecule has 0 unspecified atom stereocenters. The van der Waals surface area contributed by atoms with E-state index in [-0.39, 0.29) is 12.1 Å². The molecule has 0 aromatic carbocycles. The fourth-order valence-electron chi connectivity index (χ4n) is 3.10. The minimum Gasteiger partial charge on any atom is -0.444 e. The number of ether oxygens (including phenoxy) is 1. The third-order valence-electron chi connectivity index (χ3n) is 4.04. The fraction of sp³-hybridized carbons (Fsp3) is 0.714. The molecule has 1 saturated carbocycles. The SMILES string of the molecule is CC(C)(C)OC(=O)N1[C@@H]2CC[C@@H]2C[C@H]1c1ncc[nH]1. The molecule has 104 valence electrons. The van der Waals surface area contributed by atoms with E-state index in [0.29, 0.717) is 12.0 Å². The van der Waals surface area contributed by atoms with E-state index in [1.165, 1.54) is 6.42 Å². The van der Waals surface area contributed by atoms with Gasteiger partial charge in [0.1, 0.15) is 11.4 Å². The first kappa shape index (κ1) is 12.5. The summed E-state index contributed by atoms with van der Waals surface area (Å²) in [5, 5.41) is 0. The molecule has 1 amide bonds. The summed E-state index contributed by atoms with van der Waals surface area (Å²) < 4.78 is 5.55. The number of carbonyl (C=O) groups excluding carboxylic acids is 1. The van der Waals surface area contributed by atoms with E-state index in [1.54, 1.807) is 6.20 Å². The van der Waals surface area contributed by atoms with Gasteiger partial charge < -0.3 is 9.72 Å². The molecule has 3 atom stereocenters. The summed E-state index contributed by atoms with van der Waals surface area (Å²) in [6.07, 6.45) is 6.63. The average Bonchev–Trinajstić information content (AvgIpc) is 2.83. The van der Waals surface area contributed by atoms with Gasteiger partial charge in [-0.1, -0.05) is 0 Å². The summed E-state index contributed by atoms with van der Waals surface area (Å²) in [4.78, 5) is 21.8. The highest BCUT2D eigenvalue weighted by Crippen LogP contribution is 2.49. The molecular weight excluding hydrogens is 242 g/mol. The van der Waals surface area contributed by atoms with E-state index >= 15 is 0 Å². The number of hydrogen-bond donors (Lipinski definition) is 1. The van der Waals surface area contributed by atoms with Gasteiger partial charge in [0.05, 0.1) is 6.04 Å². The first-order chi connectivity index (χ1) is 8.96. The molecule has 1 saturated heterocycles. The van der Waals surface area contributed by atoms with E-state index in [1.807, 2.05) is 31.9 Å². The number of nitrogens with one attached hydrogen (secondary N) is 1. The number of aromatic nitrogens is 2. The van der Waals surface area contributed by atoms with Crippen LogP contribution in [0.25, 0.3) is 0 Å². The van der Waals surface area contributed by atoms with Crippen LogP contribution in [0.2, 0.25) is 0 Å². The lowest BCUT2D eigenvalue weighted by Crippen LogP contribution is -2.46. The maximum Gasteiger partial charge on any atom is 0.411 e. The Morgan fingerprint density at radius 1 is 1.47 bits per heavy atom. The zero-order chi connectivity index (χ0) is 13.6. The van der Waals surface area contributed by atoms with E-state index < -0.39 is 5.60 Å². The molecule has 0 bridgehead atoms. The molecule has 2 aliphatic rings. The van der Waals surface area contributed by atoms with E-state index in [0.717, 1.165) is 18.7 Å². The number of aromatic amines is 1. The molecule has 0 spiro atoms. The van der Waals surface area contributed by atoms with Gasteiger partial charge in [-0.2, -0.15) is 0 Å². The molecule has 2 heterocycles. The number of fused-ring (bicyclic) bond motifs is 1. The Hall–Kier alpha value is -1.52. The van der Waals surface area contributed by atoms with Crippen molar-refractivity contribution in [1.82, 2.24) is 14.9 Å². The summed E-state index contributed by atoms with van der Waals surface area (Å²) >= 11 is 0. The number of likely N-dealkylation sites (tertiary alicyclic amines) is 1. The molecule has 19 heavy (non-hydrogen) atoms. The number of H-pyrrole nitrogens is 1. The van der Waals surface area contributed by atoms with Crippen LogP contribution in [0.5, 0.6) is 0 Å². The van der Waals surface area contributed by atoms with Crippen molar-refractivity contribution >= 4 is 6.09 Å². The van der Waals surface area contributed by atoms with E-state index in [2.05, 4.69) is 9.97 Å². The van der Waals surface area contributed by atoms with Gasteiger partial charge in [0.15, 0.2) is 0 Å². The van der Waals surface area contributed by atoms with Crippen LogP contribution in [0.4, 0.5) is 4.79 Å². The lowest BCUT2D eigenvalue weighted by Gasteiger charge is -2.37. The predicted molar refractivity (Wildman–Crippen MR) is 70.5 cm³/mol. The minimum absolute atomic E-state index is 0.0438. The Balaban J connectivity index is 1.82. The predicted octanol–water partition coefficient (Wildman–Crippen LogP) is 2.87. The molecule has 1 aliphatic heterocycles. The van der Waals surface area contributed by atoms with Gasteiger partial charge in [0, 0.05) is 18.4 Å². The van der Waals surface area contributed by atoms with Gasteiger partial charge in [-0.15, -0.1) is 0 Å². The Morgan fingerprint density at radius 3 is 2.79 bits per heavy atom. The quantitative estimate of drug-likeness (QED) is 0.847. The topological polar surface area (TPSA) is 58.2 Å². The largest absolute Gasteiger partial charge is 0.444 e. The maximum atomic E-state index is 12.4. The van der Waals surface area contributed by atoms with Crippen molar-refractivity contribution in [3.63, 3.8) is 0 Å². The molecule has 5 nitrogen and oxygen atoms in total. The fourth-order valence-corrected chi connectivity index (χ4v) is 3.10. The summed E-state index contributed by atoms with van der Waals surface area (Å²) in [6.45, 7) is 5.71. The van der Waals surface area contributed by atoms with Gasteiger partial charge in [-0.05, 0) is 46.0 Å². The van der Waals surface area contributed by atoms with Gasteiger partial charge in [0.25, 0.3) is 0 Å². The van der Waals surface area contributed by atoms with Crippen molar-refractivity contribution in [3.05, 3.63) is 18.2 Å². The van der Waals surface area contributed by atoms with Crippen molar-refractivity contribution in [1.29, 1.82) is 0 Å². The number of nitrogens with zero attached hydrogens (tertiary/aromatic N) is 2. The lowest BCUT2D eigenvalue weighted by molar-refractivity contribution is 0.00480. The normalized spacial score (nSPS) is 29.8. The molecule has 1 aromatic heterocycles. The zero-order valence-electron chi connectivity index (χ0n) is 11.7. The van der Waals surface area contributed by atoms with Crippen molar-refractivity contribution in [3.8, 4) is 0 Å². The second kappa shape index (κ2) is 4.25. The standard InChI is InChI=1S/C14H21N3O2/c1-14(2,3)19-13(18)17-10-5-4-9(10)8-11(17)12-15-6-7-16-12/h6-7,9-11H,4-5,8H2,1-3H3,(H,15,16)/t9-,10-,11+/m1/s1. The zero-order valence-corrected chi connectivity index (χ0v) is 11.7. The first-order valence-corrected chi connectivity index (χ1v) is 6.96. The first-order valence-electron chi connectivity index (χ1n) is 6.96. The summed E-state index contributed by atoms with van der Waals surface area (Å²) in [6, 6.07) is 0.382. The van der Waals surface area contributed by atoms with Crippen LogP contribution < -0.4 is 0 Å². The number of imidazole rings is 1. The molecule has 1 aromatic rings. The number of hydrogen-bond acceptors (Lipinski definition) is 3. The second-order valence-electron chi connectivity index (χ2n) is 6.52. The van der Waals surface area contributed by atoms with Crippen molar-refractivity contribution in [2.24, 2.45) is 5.92 Å². The van der Waals surface area contributed by atoms with Gasteiger partial charge in [-0.3, -0.25) is 4.90 Å². The van der Waals surface area contributed by atoms with E-state index in [4.69, 9.17) is 4.74 Å². The number of amides is 1. The summed E-state index contributed by atoms with van der Waals surface area (Å²) in [7, 11) is 0. The molecule has 1 N–H and O–H groups in total. The Labute approximate surface area is 113 Å². The maximum absolute atomic E-state index is 12.4.